The van der Waals surface area contributed by atoms with Gasteiger partial charge >= 0.3 is 5.97 Å². The van der Waals surface area contributed by atoms with Crippen LogP contribution in [0.3, 0.4) is 0 Å². The Bertz CT molecular complexity index is 1250. The quantitative estimate of drug-likeness (QED) is 0.373. The molecule has 1 aliphatic rings. The molecule has 7 nitrogen and oxygen atoms in total. The van der Waals surface area contributed by atoms with Crippen molar-refractivity contribution in [2.24, 2.45) is 0 Å². The molecule has 7 heteroatoms. The minimum Gasteiger partial charge on any atom is -0.448 e. The molecule has 2 aromatic carbocycles. The van der Waals surface area contributed by atoms with Gasteiger partial charge in [0.25, 0.3) is 11.5 Å². The molecule has 0 radical (unpaired) electrons. The summed E-state index contributed by atoms with van der Waals surface area (Å²) in [6.07, 6.45) is 3.78. The van der Waals surface area contributed by atoms with Crippen molar-refractivity contribution in [3.8, 4) is 0 Å². The first kappa shape index (κ1) is 23.7. The summed E-state index contributed by atoms with van der Waals surface area (Å²) in [6.45, 7) is 5.23. The first-order chi connectivity index (χ1) is 16.5. The monoisotopic (exact) mass is 461 g/mol. The number of unbranched alkanes of at least 4 members (excludes halogenated alkanes) is 3. The number of nitrogens with zero attached hydrogens (tertiary/aromatic N) is 3. The van der Waals surface area contributed by atoms with Gasteiger partial charge < -0.3 is 9.64 Å². The standard InChI is InChI=1S/C27H31N3O4/c1-3-4-5-10-16-30-26(32)23-14-9-8-13-22(23)24(28-30)27(33)34-19(2)25(31)29-17-15-20-11-6-7-12-21(20)18-29/h6-9,11-14,19H,3-5,10,15-18H2,1-2H3/t19-/m0/s1. The Balaban J connectivity index is 1.52. The van der Waals surface area contributed by atoms with Crippen LogP contribution in [0.15, 0.2) is 53.3 Å². The molecule has 34 heavy (non-hydrogen) atoms. The second-order valence-corrected chi connectivity index (χ2v) is 8.81. The fraction of sp³-hybridized carbons (Fsp3) is 0.407. The van der Waals surface area contributed by atoms with Crippen molar-refractivity contribution in [2.75, 3.05) is 6.54 Å². The smallest absolute Gasteiger partial charge is 0.360 e. The average molecular weight is 462 g/mol. The summed E-state index contributed by atoms with van der Waals surface area (Å²) in [6, 6.07) is 15.0. The van der Waals surface area contributed by atoms with Gasteiger partial charge in [-0.1, -0.05) is 68.7 Å². The number of carbonyl (C=O) groups excluding carboxylic acids is 2. The topological polar surface area (TPSA) is 81.5 Å². The number of hydrogen-bond donors (Lipinski definition) is 0. The number of amides is 1. The summed E-state index contributed by atoms with van der Waals surface area (Å²) in [5.74, 6) is -0.934. The van der Waals surface area contributed by atoms with Gasteiger partial charge in [-0.2, -0.15) is 5.10 Å². The van der Waals surface area contributed by atoms with E-state index in [9.17, 15) is 14.4 Å². The lowest BCUT2D eigenvalue weighted by molar-refractivity contribution is -0.140. The number of rotatable bonds is 8. The fourth-order valence-corrected chi connectivity index (χ4v) is 4.43. The summed E-state index contributed by atoms with van der Waals surface area (Å²) >= 11 is 0. The van der Waals surface area contributed by atoms with Gasteiger partial charge in [-0.3, -0.25) is 9.59 Å². The summed E-state index contributed by atoms with van der Waals surface area (Å²) in [5, 5.41) is 5.22. The van der Waals surface area contributed by atoms with Gasteiger partial charge in [0.15, 0.2) is 11.8 Å². The molecule has 3 aromatic rings. The van der Waals surface area contributed by atoms with Gasteiger partial charge in [0.1, 0.15) is 0 Å². The molecule has 1 aromatic heterocycles. The van der Waals surface area contributed by atoms with Crippen molar-refractivity contribution in [3.63, 3.8) is 0 Å². The summed E-state index contributed by atoms with van der Waals surface area (Å²) < 4.78 is 6.93. The van der Waals surface area contributed by atoms with E-state index in [1.54, 1.807) is 36.1 Å². The minimum absolute atomic E-state index is 0.0642. The maximum Gasteiger partial charge on any atom is 0.360 e. The second kappa shape index (κ2) is 10.6. The van der Waals surface area contributed by atoms with Gasteiger partial charge in [0, 0.05) is 25.0 Å². The molecule has 0 N–H and O–H groups in total. The molecule has 1 amide bonds. The Hall–Kier alpha value is -3.48. The van der Waals surface area contributed by atoms with Crippen molar-refractivity contribution in [3.05, 3.63) is 75.7 Å². The average Bonchev–Trinajstić information content (AvgIpc) is 2.87. The highest BCUT2D eigenvalue weighted by molar-refractivity contribution is 6.02. The first-order valence-electron chi connectivity index (χ1n) is 12.1. The van der Waals surface area contributed by atoms with E-state index in [2.05, 4.69) is 18.1 Å². The molecule has 2 heterocycles. The van der Waals surface area contributed by atoms with Crippen LogP contribution < -0.4 is 5.56 Å². The maximum atomic E-state index is 13.1. The number of ether oxygens (including phenoxy) is 1. The van der Waals surface area contributed by atoms with Crippen LogP contribution in [0.2, 0.25) is 0 Å². The largest absolute Gasteiger partial charge is 0.448 e. The number of fused-ring (bicyclic) bond motifs is 2. The van der Waals surface area contributed by atoms with Crippen LogP contribution in [-0.4, -0.2) is 39.2 Å². The van der Waals surface area contributed by atoms with E-state index in [0.717, 1.165) is 37.7 Å². The van der Waals surface area contributed by atoms with Crippen molar-refractivity contribution < 1.29 is 14.3 Å². The third kappa shape index (κ3) is 5.03. The SMILES string of the molecule is CCCCCCn1nc(C(=O)O[C@@H](C)C(=O)N2CCc3ccccc3C2)c2ccccc2c1=O. The zero-order valence-corrected chi connectivity index (χ0v) is 19.8. The van der Waals surface area contributed by atoms with Crippen molar-refractivity contribution in [2.45, 2.75) is 65.1 Å². The predicted molar refractivity (Wildman–Crippen MR) is 131 cm³/mol. The molecule has 0 spiro atoms. The first-order valence-corrected chi connectivity index (χ1v) is 12.1. The van der Waals surface area contributed by atoms with E-state index in [1.807, 2.05) is 18.2 Å². The van der Waals surface area contributed by atoms with Gasteiger partial charge in [0.05, 0.1) is 5.39 Å². The molecule has 0 unspecified atom stereocenters. The Labute approximate surface area is 199 Å². The number of hydrogen-bond acceptors (Lipinski definition) is 5. The molecule has 0 fully saturated rings. The zero-order chi connectivity index (χ0) is 24.1. The van der Waals surface area contributed by atoms with Gasteiger partial charge in [-0.15, -0.1) is 0 Å². The number of aryl methyl sites for hydroxylation is 1. The molecule has 4 rings (SSSR count). The molecule has 0 bridgehead atoms. The fourth-order valence-electron chi connectivity index (χ4n) is 4.43. The summed E-state index contributed by atoms with van der Waals surface area (Å²) in [5.41, 5.74) is 2.20. The normalized spacial score (nSPS) is 14.0. The third-order valence-electron chi connectivity index (χ3n) is 6.36. The zero-order valence-electron chi connectivity index (χ0n) is 19.8. The van der Waals surface area contributed by atoms with Gasteiger partial charge in [-0.25, -0.2) is 9.48 Å². The summed E-state index contributed by atoms with van der Waals surface area (Å²) in [7, 11) is 0. The molecule has 0 saturated carbocycles. The van der Waals surface area contributed by atoms with Crippen LogP contribution in [0.25, 0.3) is 10.8 Å². The Kier molecular flexibility index (Phi) is 7.40. The Morgan fingerprint density at radius 3 is 2.47 bits per heavy atom. The van der Waals surface area contributed by atoms with Crippen LogP contribution in [0.5, 0.6) is 0 Å². The highest BCUT2D eigenvalue weighted by Gasteiger charge is 2.28. The lowest BCUT2D eigenvalue weighted by atomic mass is 9.99. The lowest BCUT2D eigenvalue weighted by Gasteiger charge is -2.30. The number of esters is 1. The lowest BCUT2D eigenvalue weighted by Crippen LogP contribution is -2.42. The van der Waals surface area contributed by atoms with E-state index in [-0.39, 0.29) is 17.2 Å². The van der Waals surface area contributed by atoms with E-state index in [0.29, 0.717) is 30.4 Å². The molecule has 1 atom stereocenters. The van der Waals surface area contributed by atoms with Crippen LogP contribution in [0.1, 0.15) is 61.1 Å². The molecule has 0 saturated heterocycles. The Morgan fingerprint density at radius 1 is 1.00 bits per heavy atom. The van der Waals surface area contributed by atoms with Crippen molar-refractivity contribution in [1.82, 2.24) is 14.7 Å². The highest BCUT2D eigenvalue weighted by Crippen LogP contribution is 2.20. The predicted octanol–water partition coefficient (Wildman–Crippen LogP) is 4.11. The summed E-state index contributed by atoms with van der Waals surface area (Å²) in [4.78, 5) is 40.8. The minimum atomic E-state index is -0.955. The van der Waals surface area contributed by atoms with E-state index >= 15 is 0 Å². The van der Waals surface area contributed by atoms with Gasteiger partial charge in [0.2, 0.25) is 0 Å². The van der Waals surface area contributed by atoms with Crippen molar-refractivity contribution >= 4 is 22.6 Å². The molecule has 1 aliphatic heterocycles. The van der Waals surface area contributed by atoms with Crippen LogP contribution in [0, 0.1) is 0 Å². The molecule has 0 aliphatic carbocycles. The molecular formula is C27H31N3O4. The number of aromatic nitrogens is 2. The number of benzene rings is 2. The number of carbonyl (C=O) groups is 2. The van der Waals surface area contributed by atoms with E-state index in [1.165, 1.54) is 10.2 Å². The maximum absolute atomic E-state index is 13.1. The van der Waals surface area contributed by atoms with Crippen LogP contribution in [0.4, 0.5) is 0 Å². The second-order valence-electron chi connectivity index (χ2n) is 8.81. The molecule has 178 valence electrons. The van der Waals surface area contributed by atoms with E-state index in [4.69, 9.17) is 4.74 Å². The highest BCUT2D eigenvalue weighted by atomic mass is 16.5. The van der Waals surface area contributed by atoms with E-state index < -0.39 is 12.1 Å². The molecular weight excluding hydrogens is 430 g/mol. The third-order valence-corrected chi connectivity index (χ3v) is 6.36. The van der Waals surface area contributed by atoms with Crippen LogP contribution in [-0.2, 0) is 29.0 Å². The van der Waals surface area contributed by atoms with Gasteiger partial charge in [-0.05, 0) is 37.0 Å². The van der Waals surface area contributed by atoms with Crippen LogP contribution >= 0.6 is 0 Å². The van der Waals surface area contributed by atoms with Crippen molar-refractivity contribution in [1.29, 1.82) is 0 Å². The Morgan fingerprint density at radius 2 is 1.71 bits per heavy atom.